The molecule has 0 bridgehead atoms. The SMILES string of the molecule is CCCc1c(-c2cccc(C)c2)n(C(C)(C)C)[nH]c1=O. The fourth-order valence-electron chi connectivity index (χ4n) is 2.55. The molecule has 1 N–H and O–H groups in total. The number of aromatic amines is 1. The van der Waals surface area contributed by atoms with Crippen molar-refractivity contribution in [1.82, 2.24) is 9.78 Å². The number of hydrogen-bond donors (Lipinski definition) is 1. The van der Waals surface area contributed by atoms with Crippen molar-refractivity contribution in [3.63, 3.8) is 0 Å². The van der Waals surface area contributed by atoms with Crippen molar-refractivity contribution in [2.24, 2.45) is 0 Å². The number of benzene rings is 1. The quantitative estimate of drug-likeness (QED) is 0.905. The van der Waals surface area contributed by atoms with Gasteiger partial charge in [-0.3, -0.25) is 14.6 Å². The molecule has 0 spiro atoms. The molecule has 2 rings (SSSR count). The summed E-state index contributed by atoms with van der Waals surface area (Å²) in [6.07, 6.45) is 1.78. The summed E-state index contributed by atoms with van der Waals surface area (Å²) < 4.78 is 2.01. The molecule has 3 nitrogen and oxygen atoms in total. The minimum absolute atomic E-state index is 0.0401. The van der Waals surface area contributed by atoms with E-state index in [9.17, 15) is 4.79 Å². The van der Waals surface area contributed by atoms with Crippen molar-refractivity contribution >= 4 is 0 Å². The normalized spacial score (nSPS) is 11.8. The summed E-state index contributed by atoms with van der Waals surface area (Å²) in [5.41, 5.74) is 4.14. The van der Waals surface area contributed by atoms with Crippen molar-refractivity contribution in [3.8, 4) is 11.3 Å². The summed E-state index contributed by atoms with van der Waals surface area (Å²) in [7, 11) is 0. The molecule has 108 valence electrons. The van der Waals surface area contributed by atoms with Crippen molar-refractivity contribution in [1.29, 1.82) is 0 Å². The maximum absolute atomic E-state index is 12.3. The van der Waals surface area contributed by atoms with Gasteiger partial charge in [0.05, 0.1) is 11.2 Å². The highest BCUT2D eigenvalue weighted by atomic mass is 16.1. The lowest BCUT2D eigenvalue weighted by Gasteiger charge is -2.24. The lowest BCUT2D eigenvalue weighted by molar-refractivity contribution is 0.358. The van der Waals surface area contributed by atoms with Gasteiger partial charge < -0.3 is 0 Å². The van der Waals surface area contributed by atoms with Crippen LogP contribution in [0.4, 0.5) is 0 Å². The van der Waals surface area contributed by atoms with E-state index in [0.717, 1.165) is 29.7 Å². The van der Waals surface area contributed by atoms with Gasteiger partial charge in [0.1, 0.15) is 0 Å². The molecular formula is C17H24N2O. The highest BCUT2D eigenvalue weighted by Crippen LogP contribution is 2.28. The fraction of sp³-hybridized carbons (Fsp3) is 0.471. The predicted molar refractivity (Wildman–Crippen MR) is 84.2 cm³/mol. The van der Waals surface area contributed by atoms with E-state index >= 15 is 0 Å². The van der Waals surface area contributed by atoms with E-state index in [2.05, 4.69) is 57.9 Å². The number of aryl methyl sites for hydroxylation is 1. The zero-order valence-electron chi connectivity index (χ0n) is 13.1. The van der Waals surface area contributed by atoms with Gasteiger partial charge in [-0.1, -0.05) is 37.1 Å². The Hall–Kier alpha value is -1.77. The Morgan fingerprint density at radius 3 is 2.50 bits per heavy atom. The average Bonchev–Trinajstić information content (AvgIpc) is 2.67. The molecule has 0 atom stereocenters. The zero-order chi connectivity index (χ0) is 14.9. The highest BCUT2D eigenvalue weighted by Gasteiger charge is 2.23. The smallest absolute Gasteiger partial charge is 0.267 e. The van der Waals surface area contributed by atoms with E-state index in [0.29, 0.717) is 0 Å². The zero-order valence-corrected chi connectivity index (χ0v) is 13.1. The molecule has 1 heterocycles. The van der Waals surface area contributed by atoms with E-state index in [1.807, 2.05) is 10.7 Å². The molecule has 20 heavy (non-hydrogen) atoms. The number of nitrogens with zero attached hydrogens (tertiary/aromatic N) is 1. The van der Waals surface area contributed by atoms with Crippen molar-refractivity contribution < 1.29 is 0 Å². The summed E-state index contributed by atoms with van der Waals surface area (Å²) in [4.78, 5) is 12.3. The van der Waals surface area contributed by atoms with Crippen LogP contribution in [0.5, 0.6) is 0 Å². The Balaban J connectivity index is 2.74. The van der Waals surface area contributed by atoms with E-state index in [1.54, 1.807) is 0 Å². The second kappa shape index (κ2) is 5.31. The van der Waals surface area contributed by atoms with Gasteiger partial charge in [-0.2, -0.15) is 0 Å². The molecule has 0 aliphatic heterocycles. The number of aromatic nitrogens is 2. The largest absolute Gasteiger partial charge is 0.279 e. The maximum atomic E-state index is 12.3. The third-order valence-electron chi connectivity index (χ3n) is 3.46. The highest BCUT2D eigenvalue weighted by molar-refractivity contribution is 5.64. The molecule has 0 saturated carbocycles. The lowest BCUT2D eigenvalue weighted by atomic mass is 10.0. The van der Waals surface area contributed by atoms with Gasteiger partial charge in [-0.25, -0.2) is 0 Å². The molecule has 0 unspecified atom stereocenters. The summed E-state index contributed by atoms with van der Waals surface area (Å²) >= 11 is 0. The molecule has 0 radical (unpaired) electrons. The first-order valence-corrected chi connectivity index (χ1v) is 7.26. The van der Waals surface area contributed by atoms with Crippen molar-refractivity contribution in [3.05, 3.63) is 45.7 Å². The van der Waals surface area contributed by atoms with Crippen LogP contribution in [0, 0.1) is 6.92 Å². The topological polar surface area (TPSA) is 37.8 Å². The summed E-state index contributed by atoms with van der Waals surface area (Å²) in [6.45, 7) is 10.5. The predicted octanol–water partition coefficient (Wildman–Crippen LogP) is 3.86. The number of rotatable bonds is 3. The second-order valence-electron chi connectivity index (χ2n) is 6.39. The molecular weight excluding hydrogens is 248 g/mol. The Bertz CT molecular complexity index is 656. The first-order chi connectivity index (χ1) is 9.34. The summed E-state index contributed by atoms with van der Waals surface area (Å²) in [5, 5.41) is 3.02. The Morgan fingerprint density at radius 2 is 1.95 bits per heavy atom. The van der Waals surface area contributed by atoms with E-state index in [4.69, 9.17) is 0 Å². The third kappa shape index (κ3) is 2.72. The molecule has 3 heteroatoms. The summed E-state index contributed by atoms with van der Waals surface area (Å²) in [5.74, 6) is 0. The maximum Gasteiger partial charge on any atom is 0.267 e. The van der Waals surface area contributed by atoms with Crippen LogP contribution in [-0.4, -0.2) is 9.78 Å². The summed E-state index contributed by atoms with van der Waals surface area (Å²) in [6, 6.07) is 8.35. The van der Waals surface area contributed by atoms with Gasteiger partial charge in [0.25, 0.3) is 5.56 Å². The van der Waals surface area contributed by atoms with Gasteiger partial charge in [0.15, 0.2) is 0 Å². The van der Waals surface area contributed by atoms with Gasteiger partial charge in [0.2, 0.25) is 0 Å². The molecule has 0 saturated heterocycles. The molecule has 0 amide bonds. The van der Waals surface area contributed by atoms with Crippen LogP contribution in [0.25, 0.3) is 11.3 Å². The number of nitrogens with one attached hydrogen (secondary N) is 1. The van der Waals surface area contributed by atoms with E-state index in [1.165, 1.54) is 5.56 Å². The third-order valence-corrected chi connectivity index (χ3v) is 3.46. The Morgan fingerprint density at radius 1 is 1.25 bits per heavy atom. The number of hydrogen-bond acceptors (Lipinski definition) is 1. The van der Waals surface area contributed by atoms with Crippen LogP contribution in [0.15, 0.2) is 29.1 Å². The van der Waals surface area contributed by atoms with Gasteiger partial charge >= 0.3 is 0 Å². The van der Waals surface area contributed by atoms with Gasteiger partial charge in [0, 0.05) is 11.1 Å². The first-order valence-electron chi connectivity index (χ1n) is 7.26. The van der Waals surface area contributed by atoms with Crippen LogP contribution in [0.2, 0.25) is 0 Å². The van der Waals surface area contributed by atoms with Crippen LogP contribution >= 0.6 is 0 Å². The average molecular weight is 272 g/mol. The molecule has 1 aromatic carbocycles. The lowest BCUT2D eigenvalue weighted by Crippen LogP contribution is -2.25. The van der Waals surface area contributed by atoms with Crippen LogP contribution in [-0.2, 0) is 12.0 Å². The molecule has 0 fully saturated rings. The number of H-pyrrole nitrogens is 1. The second-order valence-corrected chi connectivity index (χ2v) is 6.39. The minimum Gasteiger partial charge on any atom is -0.279 e. The Labute approximate surface area is 120 Å². The molecule has 0 aliphatic rings. The minimum atomic E-state index is -0.149. The van der Waals surface area contributed by atoms with Gasteiger partial charge in [-0.05, 0) is 40.2 Å². The van der Waals surface area contributed by atoms with Gasteiger partial charge in [-0.15, -0.1) is 0 Å². The molecule has 0 aliphatic carbocycles. The monoisotopic (exact) mass is 272 g/mol. The van der Waals surface area contributed by atoms with Crippen LogP contribution < -0.4 is 5.56 Å². The molecule has 2 aromatic rings. The van der Waals surface area contributed by atoms with E-state index in [-0.39, 0.29) is 11.1 Å². The van der Waals surface area contributed by atoms with Crippen molar-refractivity contribution in [2.75, 3.05) is 0 Å². The van der Waals surface area contributed by atoms with Crippen LogP contribution in [0.1, 0.15) is 45.2 Å². The fourth-order valence-corrected chi connectivity index (χ4v) is 2.55. The standard InChI is InChI=1S/C17H24N2O/c1-6-8-14-15(13-10-7-9-12(2)11-13)19(17(3,4)5)18-16(14)20/h7,9-11H,6,8H2,1-5H3,(H,18,20). The first kappa shape index (κ1) is 14.6. The van der Waals surface area contributed by atoms with Crippen molar-refractivity contribution in [2.45, 2.75) is 53.0 Å². The molecule has 1 aromatic heterocycles. The Kier molecular flexibility index (Phi) is 3.89. The van der Waals surface area contributed by atoms with Crippen LogP contribution in [0.3, 0.4) is 0 Å². The van der Waals surface area contributed by atoms with E-state index < -0.39 is 0 Å².